The van der Waals surface area contributed by atoms with Gasteiger partial charge in [-0.05, 0) is 6.07 Å². The van der Waals surface area contributed by atoms with Crippen molar-refractivity contribution in [3.8, 4) is 0 Å². The summed E-state index contributed by atoms with van der Waals surface area (Å²) in [7, 11) is 0. The summed E-state index contributed by atoms with van der Waals surface area (Å²) < 4.78 is 14.7. The topological polar surface area (TPSA) is 98.2 Å². The van der Waals surface area contributed by atoms with Crippen LogP contribution in [-0.4, -0.2) is 25.5 Å². The zero-order chi connectivity index (χ0) is 15.0. The Balaban J connectivity index is 2.01. The van der Waals surface area contributed by atoms with Crippen LogP contribution in [0.3, 0.4) is 0 Å². The van der Waals surface area contributed by atoms with E-state index in [1.807, 2.05) is 0 Å². The number of amides is 1. The number of carbonyl (C=O) groups is 1. The van der Waals surface area contributed by atoms with E-state index in [0.717, 1.165) is 6.20 Å². The Kier molecular flexibility index (Phi) is 3.15. The number of halogens is 2. The van der Waals surface area contributed by atoms with Gasteiger partial charge in [-0.1, -0.05) is 11.6 Å². The van der Waals surface area contributed by atoms with Crippen molar-refractivity contribution in [1.82, 2.24) is 19.6 Å². The molecule has 0 spiro atoms. The third-order valence-electron chi connectivity index (χ3n) is 2.72. The van der Waals surface area contributed by atoms with Gasteiger partial charge in [0, 0.05) is 12.3 Å². The fourth-order valence-electron chi connectivity index (χ4n) is 1.78. The highest BCUT2D eigenvalue weighted by atomic mass is 35.5. The van der Waals surface area contributed by atoms with Crippen molar-refractivity contribution in [2.24, 2.45) is 0 Å². The average Bonchev–Trinajstić information content (AvgIpc) is 2.85. The van der Waals surface area contributed by atoms with E-state index in [-0.39, 0.29) is 22.2 Å². The van der Waals surface area contributed by atoms with E-state index in [1.165, 1.54) is 29.0 Å². The molecule has 0 aliphatic carbocycles. The van der Waals surface area contributed by atoms with Crippen molar-refractivity contribution in [1.29, 1.82) is 0 Å². The second-order valence-corrected chi connectivity index (χ2v) is 4.50. The summed E-state index contributed by atoms with van der Waals surface area (Å²) in [6, 6.07) is 2.76. The molecule has 0 aliphatic rings. The van der Waals surface area contributed by atoms with Crippen molar-refractivity contribution < 1.29 is 9.18 Å². The molecule has 3 aromatic rings. The monoisotopic (exact) mass is 306 g/mol. The van der Waals surface area contributed by atoms with Gasteiger partial charge in [-0.25, -0.2) is 13.9 Å². The number of nitrogen functional groups attached to an aromatic ring is 1. The maximum Gasteiger partial charge on any atom is 0.276 e. The number of nitrogens with one attached hydrogen (secondary N) is 1. The molecule has 3 aromatic heterocycles. The molecule has 0 bridgehead atoms. The van der Waals surface area contributed by atoms with E-state index in [2.05, 4.69) is 20.4 Å². The van der Waals surface area contributed by atoms with Crippen LogP contribution in [0.4, 0.5) is 15.8 Å². The van der Waals surface area contributed by atoms with Crippen molar-refractivity contribution in [2.75, 3.05) is 11.1 Å². The first-order chi connectivity index (χ1) is 10.1. The number of aromatic nitrogens is 4. The highest BCUT2D eigenvalue weighted by molar-refractivity contribution is 6.29. The van der Waals surface area contributed by atoms with Gasteiger partial charge in [0.1, 0.15) is 0 Å². The minimum absolute atomic E-state index is 0.0000463. The van der Waals surface area contributed by atoms with Crippen LogP contribution in [0.25, 0.3) is 5.65 Å². The minimum atomic E-state index is -0.648. The smallest absolute Gasteiger partial charge is 0.276 e. The van der Waals surface area contributed by atoms with Gasteiger partial charge in [-0.2, -0.15) is 5.10 Å². The average molecular weight is 307 g/mol. The molecule has 1 amide bonds. The fraction of sp³-hybridized carbons (Fsp3) is 0. The predicted octanol–water partition coefficient (Wildman–Crippen LogP) is 1.75. The molecule has 0 unspecified atom stereocenters. The lowest BCUT2D eigenvalue weighted by Crippen LogP contribution is -2.16. The highest BCUT2D eigenvalue weighted by Crippen LogP contribution is 2.18. The molecule has 0 aromatic carbocycles. The second kappa shape index (κ2) is 4.98. The Morgan fingerprint density at radius 1 is 1.43 bits per heavy atom. The maximum absolute atomic E-state index is 13.5. The molecule has 0 saturated carbocycles. The molecule has 9 heteroatoms. The number of hydrogen-bond acceptors (Lipinski definition) is 5. The predicted molar refractivity (Wildman–Crippen MR) is 74.6 cm³/mol. The Labute approximate surface area is 122 Å². The van der Waals surface area contributed by atoms with Crippen LogP contribution in [0, 0.1) is 5.82 Å². The molecule has 3 N–H and O–H groups in total. The summed E-state index contributed by atoms with van der Waals surface area (Å²) in [5.41, 5.74) is 6.39. The molecule has 21 heavy (non-hydrogen) atoms. The third kappa shape index (κ3) is 2.36. The molecule has 3 rings (SSSR count). The van der Waals surface area contributed by atoms with Gasteiger partial charge in [0.2, 0.25) is 0 Å². The summed E-state index contributed by atoms with van der Waals surface area (Å²) >= 11 is 5.80. The van der Waals surface area contributed by atoms with E-state index in [4.69, 9.17) is 17.3 Å². The van der Waals surface area contributed by atoms with Crippen LogP contribution in [0.2, 0.25) is 5.15 Å². The molecule has 0 saturated heterocycles. The summed E-state index contributed by atoms with van der Waals surface area (Å²) in [5.74, 6) is -1.24. The molecular formula is C12H8ClFN6O. The van der Waals surface area contributed by atoms with E-state index in [9.17, 15) is 9.18 Å². The molecule has 0 radical (unpaired) electrons. The Morgan fingerprint density at radius 2 is 2.24 bits per heavy atom. The number of fused-ring (bicyclic) bond motifs is 1. The van der Waals surface area contributed by atoms with E-state index in [1.54, 1.807) is 0 Å². The molecule has 7 nitrogen and oxygen atoms in total. The van der Waals surface area contributed by atoms with Gasteiger partial charge in [0.25, 0.3) is 5.91 Å². The SMILES string of the molecule is Nc1cc(Cl)nn2c(C(=O)Nc3ccncc3F)cnc12. The number of carbonyl (C=O) groups excluding carboxylic acids is 1. The lowest BCUT2D eigenvalue weighted by atomic mass is 10.3. The van der Waals surface area contributed by atoms with Crippen LogP contribution < -0.4 is 11.1 Å². The van der Waals surface area contributed by atoms with Crippen molar-refractivity contribution in [3.05, 3.63) is 47.4 Å². The second-order valence-electron chi connectivity index (χ2n) is 4.11. The summed E-state index contributed by atoms with van der Waals surface area (Å²) in [4.78, 5) is 19.8. The van der Waals surface area contributed by atoms with Gasteiger partial charge in [0.05, 0.1) is 23.8 Å². The maximum atomic E-state index is 13.5. The first-order valence-electron chi connectivity index (χ1n) is 5.77. The summed E-state index contributed by atoms with van der Waals surface area (Å²) in [6.07, 6.45) is 3.64. The van der Waals surface area contributed by atoms with Crippen molar-refractivity contribution >= 4 is 34.5 Å². The van der Waals surface area contributed by atoms with Crippen LogP contribution >= 0.6 is 11.6 Å². The molecule has 3 heterocycles. The molecular weight excluding hydrogens is 299 g/mol. The zero-order valence-corrected chi connectivity index (χ0v) is 11.2. The minimum Gasteiger partial charge on any atom is -0.396 e. The lowest BCUT2D eigenvalue weighted by molar-refractivity contribution is 0.102. The standard InChI is InChI=1S/C12H8ClFN6O/c13-10-3-7(15)11-17-5-9(20(11)19-10)12(21)18-8-1-2-16-4-6(8)14/h1-5H,15H2,(H,16,18,21). The molecule has 0 aliphatic heterocycles. The number of nitrogens with two attached hydrogens (primary N) is 1. The van der Waals surface area contributed by atoms with Crippen LogP contribution in [0.1, 0.15) is 10.5 Å². The van der Waals surface area contributed by atoms with Gasteiger partial charge in [-0.15, -0.1) is 0 Å². The molecule has 0 atom stereocenters. The number of pyridine rings is 1. The molecule has 106 valence electrons. The number of rotatable bonds is 2. The number of anilines is 2. The first-order valence-corrected chi connectivity index (χ1v) is 6.14. The largest absolute Gasteiger partial charge is 0.396 e. The first kappa shape index (κ1) is 13.3. The van der Waals surface area contributed by atoms with E-state index >= 15 is 0 Å². The van der Waals surface area contributed by atoms with Gasteiger partial charge < -0.3 is 11.1 Å². The number of imidazole rings is 1. The summed E-state index contributed by atoms with van der Waals surface area (Å²) in [5, 5.41) is 6.47. The Morgan fingerprint density at radius 3 is 3.00 bits per heavy atom. The van der Waals surface area contributed by atoms with Crippen LogP contribution in [0.5, 0.6) is 0 Å². The zero-order valence-electron chi connectivity index (χ0n) is 10.4. The number of nitrogens with zero attached hydrogens (tertiary/aromatic N) is 4. The Hall–Kier alpha value is -2.74. The molecule has 0 fully saturated rings. The normalized spacial score (nSPS) is 10.8. The van der Waals surface area contributed by atoms with Crippen molar-refractivity contribution in [3.63, 3.8) is 0 Å². The van der Waals surface area contributed by atoms with Gasteiger partial charge in [0.15, 0.2) is 22.3 Å². The Bertz CT molecular complexity index is 849. The van der Waals surface area contributed by atoms with E-state index in [0.29, 0.717) is 5.65 Å². The van der Waals surface area contributed by atoms with Gasteiger partial charge >= 0.3 is 0 Å². The van der Waals surface area contributed by atoms with Gasteiger partial charge in [-0.3, -0.25) is 9.78 Å². The van der Waals surface area contributed by atoms with E-state index < -0.39 is 11.7 Å². The fourth-order valence-corrected chi connectivity index (χ4v) is 1.97. The van der Waals surface area contributed by atoms with Crippen LogP contribution in [-0.2, 0) is 0 Å². The highest BCUT2D eigenvalue weighted by Gasteiger charge is 2.16. The van der Waals surface area contributed by atoms with Crippen LogP contribution in [0.15, 0.2) is 30.7 Å². The third-order valence-corrected chi connectivity index (χ3v) is 2.90. The number of hydrogen-bond donors (Lipinski definition) is 2. The van der Waals surface area contributed by atoms with Crippen molar-refractivity contribution in [2.45, 2.75) is 0 Å². The summed E-state index contributed by atoms with van der Waals surface area (Å²) in [6.45, 7) is 0. The lowest BCUT2D eigenvalue weighted by Gasteiger charge is -2.05. The quantitative estimate of drug-likeness (QED) is 0.751.